The molecule has 0 unspecified atom stereocenters. The minimum Gasteiger partial charge on any atom is -0.396 e. The molecule has 0 radical (unpaired) electrons. The summed E-state index contributed by atoms with van der Waals surface area (Å²) in [4.78, 5) is 0. The molecule has 1 saturated carbocycles. The van der Waals surface area contributed by atoms with Gasteiger partial charge in [0.25, 0.3) is 0 Å². The fourth-order valence-electron chi connectivity index (χ4n) is 2.46. The summed E-state index contributed by atoms with van der Waals surface area (Å²) in [5, 5.41) is 9.00. The molecule has 0 bridgehead atoms. The average Bonchev–Trinajstić information content (AvgIpc) is 2.60. The summed E-state index contributed by atoms with van der Waals surface area (Å²) in [5.74, 6) is 2.39. The maximum absolute atomic E-state index is 9.00. The molecule has 0 saturated heterocycles. The predicted octanol–water partition coefficient (Wildman–Crippen LogP) is 1.97. The van der Waals surface area contributed by atoms with Gasteiger partial charge in [-0.3, -0.25) is 0 Å². The highest BCUT2D eigenvalue weighted by atomic mass is 16.3. The van der Waals surface area contributed by atoms with Crippen LogP contribution in [-0.2, 0) is 0 Å². The number of aliphatic hydroxyl groups is 1. The Hall–Kier alpha value is -0.300. The molecule has 0 spiro atoms. The summed E-state index contributed by atoms with van der Waals surface area (Å²) in [6, 6.07) is 0. The number of allylic oxidation sites excluding steroid dienone is 2. The van der Waals surface area contributed by atoms with E-state index < -0.39 is 0 Å². The normalized spacial score (nSPS) is 45.4. The fraction of sp³-hybridized carbons (Fsp3) is 0.800. The SMILES string of the molecule is OC[C@H]1[C@H]2CC/C=C/CC[C@@H]12. The highest BCUT2D eigenvalue weighted by Gasteiger charge is 2.47. The Morgan fingerprint density at radius 1 is 1.09 bits per heavy atom. The molecule has 0 amide bonds. The van der Waals surface area contributed by atoms with E-state index in [4.69, 9.17) is 5.11 Å². The fourth-order valence-corrected chi connectivity index (χ4v) is 2.46. The Kier molecular flexibility index (Phi) is 1.99. The van der Waals surface area contributed by atoms with Crippen molar-refractivity contribution in [3.63, 3.8) is 0 Å². The van der Waals surface area contributed by atoms with Crippen LogP contribution in [0.3, 0.4) is 0 Å². The van der Waals surface area contributed by atoms with Crippen molar-refractivity contribution in [3.8, 4) is 0 Å². The molecule has 62 valence electrons. The lowest BCUT2D eigenvalue weighted by atomic mass is 10.1. The third kappa shape index (κ3) is 1.34. The molecule has 1 fully saturated rings. The van der Waals surface area contributed by atoms with E-state index in [9.17, 15) is 0 Å². The maximum atomic E-state index is 9.00. The largest absolute Gasteiger partial charge is 0.396 e. The summed E-state index contributed by atoms with van der Waals surface area (Å²) >= 11 is 0. The molecule has 2 aliphatic rings. The summed E-state index contributed by atoms with van der Waals surface area (Å²) in [6.07, 6.45) is 9.68. The zero-order valence-corrected chi connectivity index (χ0v) is 6.87. The molecule has 1 nitrogen and oxygen atoms in total. The first-order valence-electron chi connectivity index (χ1n) is 4.69. The van der Waals surface area contributed by atoms with Gasteiger partial charge in [-0.05, 0) is 43.4 Å². The van der Waals surface area contributed by atoms with Gasteiger partial charge in [-0.25, -0.2) is 0 Å². The summed E-state index contributed by atoms with van der Waals surface area (Å²) in [6.45, 7) is 0.426. The second kappa shape index (κ2) is 2.98. The minimum atomic E-state index is 0.426. The lowest BCUT2D eigenvalue weighted by Gasteiger charge is -1.99. The van der Waals surface area contributed by atoms with Crippen LogP contribution in [0.5, 0.6) is 0 Å². The van der Waals surface area contributed by atoms with Gasteiger partial charge >= 0.3 is 0 Å². The van der Waals surface area contributed by atoms with E-state index in [-0.39, 0.29) is 0 Å². The first kappa shape index (κ1) is 7.35. The van der Waals surface area contributed by atoms with Crippen molar-refractivity contribution in [1.82, 2.24) is 0 Å². The summed E-state index contributed by atoms with van der Waals surface area (Å²) in [5.41, 5.74) is 0. The molecule has 3 atom stereocenters. The Labute approximate surface area is 68.1 Å². The van der Waals surface area contributed by atoms with Crippen molar-refractivity contribution >= 4 is 0 Å². The van der Waals surface area contributed by atoms with Gasteiger partial charge in [-0.1, -0.05) is 12.2 Å². The highest BCUT2D eigenvalue weighted by molar-refractivity contribution is 5.00. The third-order valence-electron chi connectivity index (χ3n) is 3.22. The van der Waals surface area contributed by atoms with E-state index >= 15 is 0 Å². The molecule has 0 aromatic heterocycles. The molecular weight excluding hydrogens is 136 g/mol. The van der Waals surface area contributed by atoms with Gasteiger partial charge in [0.1, 0.15) is 0 Å². The van der Waals surface area contributed by atoms with Crippen molar-refractivity contribution in [3.05, 3.63) is 12.2 Å². The average molecular weight is 152 g/mol. The van der Waals surface area contributed by atoms with Gasteiger partial charge in [0.05, 0.1) is 0 Å². The van der Waals surface area contributed by atoms with Crippen LogP contribution in [0.15, 0.2) is 12.2 Å². The van der Waals surface area contributed by atoms with Crippen LogP contribution in [0.25, 0.3) is 0 Å². The van der Waals surface area contributed by atoms with Crippen LogP contribution < -0.4 is 0 Å². The van der Waals surface area contributed by atoms with E-state index in [1.807, 2.05) is 0 Å². The second-order valence-electron chi connectivity index (χ2n) is 3.80. The quantitative estimate of drug-likeness (QED) is 0.569. The standard InChI is InChI=1S/C10H16O/c11-7-10-8-5-3-1-2-4-6-9(8)10/h1-2,8-11H,3-7H2/b2-1+/t8-,9+,10-. The van der Waals surface area contributed by atoms with Crippen LogP contribution in [0.2, 0.25) is 0 Å². The molecule has 0 aliphatic heterocycles. The maximum Gasteiger partial charge on any atom is 0.0464 e. The monoisotopic (exact) mass is 152 g/mol. The second-order valence-corrected chi connectivity index (χ2v) is 3.80. The van der Waals surface area contributed by atoms with E-state index in [1.165, 1.54) is 25.7 Å². The molecule has 0 aromatic carbocycles. The van der Waals surface area contributed by atoms with Crippen LogP contribution >= 0.6 is 0 Å². The Balaban J connectivity index is 1.91. The van der Waals surface area contributed by atoms with Gasteiger partial charge in [-0.15, -0.1) is 0 Å². The number of hydrogen-bond donors (Lipinski definition) is 1. The lowest BCUT2D eigenvalue weighted by Crippen LogP contribution is -1.88. The van der Waals surface area contributed by atoms with E-state index in [0.29, 0.717) is 12.5 Å². The zero-order valence-electron chi connectivity index (χ0n) is 6.87. The molecule has 2 rings (SSSR count). The molecular formula is C10H16O. The van der Waals surface area contributed by atoms with E-state index in [0.717, 1.165) is 11.8 Å². The molecule has 0 aromatic rings. The lowest BCUT2D eigenvalue weighted by molar-refractivity contribution is 0.262. The van der Waals surface area contributed by atoms with Gasteiger partial charge in [0.2, 0.25) is 0 Å². The summed E-state index contributed by atoms with van der Waals surface area (Å²) in [7, 11) is 0. The van der Waals surface area contributed by atoms with Crippen LogP contribution in [0.4, 0.5) is 0 Å². The van der Waals surface area contributed by atoms with E-state index in [1.54, 1.807) is 0 Å². The molecule has 11 heavy (non-hydrogen) atoms. The first-order valence-corrected chi connectivity index (χ1v) is 4.69. The van der Waals surface area contributed by atoms with Crippen molar-refractivity contribution in [1.29, 1.82) is 0 Å². The first-order chi connectivity index (χ1) is 5.43. The zero-order chi connectivity index (χ0) is 7.68. The number of rotatable bonds is 1. The van der Waals surface area contributed by atoms with Crippen molar-refractivity contribution in [2.45, 2.75) is 25.7 Å². The smallest absolute Gasteiger partial charge is 0.0464 e. The Bertz CT molecular complexity index is 146. The van der Waals surface area contributed by atoms with Gasteiger partial charge < -0.3 is 5.11 Å². The molecule has 1 N–H and O–H groups in total. The number of aliphatic hydroxyl groups excluding tert-OH is 1. The summed E-state index contributed by atoms with van der Waals surface area (Å²) < 4.78 is 0. The third-order valence-corrected chi connectivity index (χ3v) is 3.22. The van der Waals surface area contributed by atoms with Crippen molar-refractivity contribution in [2.75, 3.05) is 6.61 Å². The molecule has 1 heteroatoms. The molecule has 2 aliphatic carbocycles. The predicted molar refractivity (Wildman–Crippen MR) is 45.2 cm³/mol. The minimum absolute atomic E-state index is 0.426. The van der Waals surface area contributed by atoms with Gasteiger partial charge in [-0.2, -0.15) is 0 Å². The van der Waals surface area contributed by atoms with Crippen molar-refractivity contribution < 1.29 is 5.11 Å². The number of hydrogen-bond acceptors (Lipinski definition) is 1. The Morgan fingerprint density at radius 3 is 2.09 bits per heavy atom. The van der Waals surface area contributed by atoms with Gasteiger partial charge in [0, 0.05) is 6.61 Å². The van der Waals surface area contributed by atoms with Crippen LogP contribution in [-0.4, -0.2) is 11.7 Å². The van der Waals surface area contributed by atoms with Crippen LogP contribution in [0, 0.1) is 17.8 Å². The Morgan fingerprint density at radius 2 is 1.64 bits per heavy atom. The van der Waals surface area contributed by atoms with Crippen molar-refractivity contribution in [2.24, 2.45) is 17.8 Å². The van der Waals surface area contributed by atoms with E-state index in [2.05, 4.69) is 12.2 Å². The number of fused-ring (bicyclic) bond motifs is 1. The van der Waals surface area contributed by atoms with Crippen LogP contribution in [0.1, 0.15) is 25.7 Å². The topological polar surface area (TPSA) is 20.2 Å². The van der Waals surface area contributed by atoms with Gasteiger partial charge in [0.15, 0.2) is 0 Å². The molecule has 0 heterocycles. The highest BCUT2D eigenvalue weighted by Crippen LogP contribution is 2.52.